The van der Waals surface area contributed by atoms with E-state index in [-0.39, 0.29) is 13.0 Å². The summed E-state index contributed by atoms with van der Waals surface area (Å²) < 4.78 is 37.5. The SMILES string of the molecule is CCCCN(CC(F)(F)F)C(=O)CCc1ccc(N)cc1. The van der Waals surface area contributed by atoms with Crippen molar-refractivity contribution < 1.29 is 18.0 Å². The number of aryl methyl sites for hydroxylation is 1. The highest BCUT2D eigenvalue weighted by molar-refractivity contribution is 5.76. The average molecular weight is 302 g/mol. The van der Waals surface area contributed by atoms with Gasteiger partial charge in [-0.1, -0.05) is 25.5 Å². The van der Waals surface area contributed by atoms with Gasteiger partial charge in [0, 0.05) is 18.7 Å². The van der Waals surface area contributed by atoms with Crippen LogP contribution >= 0.6 is 0 Å². The number of nitrogens with zero attached hydrogens (tertiary/aromatic N) is 1. The Hall–Kier alpha value is -1.72. The molecular formula is C15H21F3N2O. The first-order valence-corrected chi connectivity index (χ1v) is 7.00. The van der Waals surface area contributed by atoms with Gasteiger partial charge in [0.15, 0.2) is 0 Å². The molecule has 21 heavy (non-hydrogen) atoms. The largest absolute Gasteiger partial charge is 0.406 e. The third-order valence-electron chi connectivity index (χ3n) is 3.11. The summed E-state index contributed by atoms with van der Waals surface area (Å²) in [7, 11) is 0. The van der Waals surface area contributed by atoms with Crippen LogP contribution in [0.15, 0.2) is 24.3 Å². The highest BCUT2D eigenvalue weighted by Gasteiger charge is 2.32. The molecule has 3 nitrogen and oxygen atoms in total. The number of anilines is 1. The number of carbonyl (C=O) groups is 1. The maximum atomic E-state index is 12.5. The number of benzene rings is 1. The van der Waals surface area contributed by atoms with Crippen molar-refractivity contribution in [3.05, 3.63) is 29.8 Å². The van der Waals surface area contributed by atoms with E-state index < -0.39 is 18.6 Å². The number of rotatable bonds is 7. The number of carbonyl (C=O) groups excluding carboxylic acids is 1. The molecule has 0 saturated carbocycles. The van der Waals surface area contributed by atoms with Gasteiger partial charge in [0.2, 0.25) is 5.91 Å². The van der Waals surface area contributed by atoms with Crippen LogP contribution in [0.1, 0.15) is 31.7 Å². The highest BCUT2D eigenvalue weighted by atomic mass is 19.4. The molecule has 0 spiro atoms. The fourth-order valence-electron chi connectivity index (χ4n) is 1.95. The number of amides is 1. The van der Waals surface area contributed by atoms with Crippen LogP contribution in [0, 0.1) is 0 Å². The topological polar surface area (TPSA) is 46.3 Å². The Labute approximate surface area is 122 Å². The predicted molar refractivity (Wildman–Crippen MR) is 76.7 cm³/mol. The average Bonchev–Trinajstić information content (AvgIpc) is 2.41. The first-order valence-electron chi connectivity index (χ1n) is 7.00. The molecule has 0 heterocycles. The summed E-state index contributed by atoms with van der Waals surface area (Å²) in [6, 6.07) is 6.99. The summed E-state index contributed by atoms with van der Waals surface area (Å²) in [5, 5.41) is 0. The fourth-order valence-corrected chi connectivity index (χ4v) is 1.95. The molecule has 1 aromatic rings. The second-order valence-electron chi connectivity index (χ2n) is 5.03. The minimum absolute atomic E-state index is 0.0731. The first kappa shape index (κ1) is 17.3. The van der Waals surface area contributed by atoms with E-state index in [1.165, 1.54) is 0 Å². The lowest BCUT2D eigenvalue weighted by atomic mass is 10.1. The molecule has 0 aliphatic carbocycles. The first-order chi connectivity index (χ1) is 9.81. The Morgan fingerprint density at radius 2 is 1.86 bits per heavy atom. The van der Waals surface area contributed by atoms with Crippen LogP contribution in [0.3, 0.4) is 0 Å². The van der Waals surface area contributed by atoms with E-state index in [1.54, 1.807) is 24.3 Å². The minimum Gasteiger partial charge on any atom is -0.399 e. The number of unbranched alkanes of at least 4 members (excludes halogenated alkanes) is 1. The van der Waals surface area contributed by atoms with E-state index in [4.69, 9.17) is 5.73 Å². The molecule has 0 aliphatic heterocycles. The van der Waals surface area contributed by atoms with Crippen LogP contribution < -0.4 is 5.73 Å². The van der Waals surface area contributed by atoms with Crippen LogP contribution in [0.4, 0.5) is 18.9 Å². The molecule has 2 N–H and O–H groups in total. The summed E-state index contributed by atoms with van der Waals surface area (Å²) in [6.07, 6.45) is -2.54. The van der Waals surface area contributed by atoms with Gasteiger partial charge in [-0.25, -0.2) is 0 Å². The van der Waals surface area contributed by atoms with E-state index in [0.717, 1.165) is 16.9 Å². The lowest BCUT2D eigenvalue weighted by Gasteiger charge is -2.24. The Kier molecular flexibility index (Phi) is 6.52. The van der Waals surface area contributed by atoms with Crippen molar-refractivity contribution in [1.29, 1.82) is 0 Å². The Morgan fingerprint density at radius 1 is 1.24 bits per heavy atom. The lowest BCUT2D eigenvalue weighted by molar-refractivity contribution is -0.161. The Morgan fingerprint density at radius 3 is 2.38 bits per heavy atom. The number of hydrogen-bond donors (Lipinski definition) is 1. The smallest absolute Gasteiger partial charge is 0.399 e. The van der Waals surface area contributed by atoms with E-state index >= 15 is 0 Å². The van der Waals surface area contributed by atoms with Crippen molar-refractivity contribution in [2.75, 3.05) is 18.8 Å². The molecule has 0 aromatic heterocycles. The zero-order valence-electron chi connectivity index (χ0n) is 12.1. The van der Waals surface area contributed by atoms with Gasteiger partial charge in [-0.05, 0) is 30.5 Å². The van der Waals surface area contributed by atoms with Gasteiger partial charge < -0.3 is 10.6 Å². The van der Waals surface area contributed by atoms with E-state index in [2.05, 4.69) is 0 Å². The summed E-state index contributed by atoms with van der Waals surface area (Å²) in [5.41, 5.74) is 7.06. The highest BCUT2D eigenvalue weighted by Crippen LogP contribution is 2.18. The van der Waals surface area contributed by atoms with Crippen molar-refractivity contribution in [1.82, 2.24) is 4.90 Å². The normalized spacial score (nSPS) is 11.4. The molecule has 0 bridgehead atoms. The van der Waals surface area contributed by atoms with Gasteiger partial charge in [-0.15, -0.1) is 0 Å². The third-order valence-corrected chi connectivity index (χ3v) is 3.11. The van der Waals surface area contributed by atoms with Gasteiger partial charge in [0.05, 0.1) is 0 Å². The molecule has 1 amide bonds. The van der Waals surface area contributed by atoms with Gasteiger partial charge in [-0.2, -0.15) is 13.2 Å². The zero-order chi connectivity index (χ0) is 15.9. The van der Waals surface area contributed by atoms with Crippen molar-refractivity contribution in [3.63, 3.8) is 0 Å². The van der Waals surface area contributed by atoms with Crippen molar-refractivity contribution in [3.8, 4) is 0 Å². The molecule has 1 rings (SSSR count). The third kappa shape index (κ3) is 7.02. The zero-order valence-corrected chi connectivity index (χ0v) is 12.1. The van der Waals surface area contributed by atoms with Crippen LogP contribution in [-0.4, -0.2) is 30.1 Å². The van der Waals surface area contributed by atoms with Gasteiger partial charge in [-0.3, -0.25) is 4.79 Å². The molecule has 0 unspecified atom stereocenters. The molecular weight excluding hydrogens is 281 g/mol. The monoisotopic (exact) mass is 302 g/mol. The fraction of sp³-hybridized carbons (Fsp3) is 0.533. The van der Waals surface area contributed by atoms with E-state index in [9.17, 15) is 18.0 Å². The summed E-state index contributed by atoms with van der Waals surface area (Å²) in [5.74, 6) is -0.461. The summed E-state index contributed by atoms with van der Waals surface area (Å²) in [6.45, 7) is 0.856. The van der Waals surface area contributed by atoms with E-state index in [0.29, 0.717) is 18.5 Å². The van der Waals surface area contributed by atoms with Gasteiger partial charge >= 0.3 is 6.18 Å². The Balaban J connectivity index is 2.56. The second-order valence-corrected chi connectivity index (χ2v) is 5.03. The van der Waals surface area contributed by atoms with Crippen LogP contribution in [0.5, 0.6) is 0 Å². The minimum atomic E-state index is -4.36. The number of nitrogens with two attached hydrogens (primary N) is 1. The molecule has 0 saturated heterocycles. The number of halogens is 3. The van der Waals surface area contributed by atoms with Crippen LogP contribution in [0.25, 0.3) is 0 Å². The molecule has 6 heteroatoms. The van der Waals surface area contributed by atoms with E-state index in [1.807, 2.05) is 6.92 Å². The van der Waals surface area contributed by atoms with Crippen LogP contribution in [-0.2, 0) is 11.2 Å². The second kappa shape index (κ2) is 7.90. The number of hydrogen-bond acceptors (Lipinski definition) is 2. The van der Waals surface area contributed by atoms with Crippen molar-refractivity contribution >= 4 is 11.6 Å². The molecule has 0 fully saturated rings. The summed E-state index contributed by atoms with van der Waals surface area (Å²) >= 11 is 0. The predicted octanol–water partition coefficient (Wildman–Crippen LogP) is 3.39. The Bertz CT molecular complexity index is 443. The maximum absolute atomic E-state index is 12.5. The molecule has 118 valence electrons. The molecule has 0 atom stereocenters. The molecule has 1 aromatic carbocycles. The standard InChI is InChI=1S/C15H21F3N2O/c1-2-3-10-20(11-15(16,17)18)14(21)9-6-12-4-7-13(19)8-5-12/h4-5,7-8H,2-3,6,9-11,19H2,1H3. The van der Waals surface area contributed by atoms with Crippen LogP contribution in [0.2, 0.25) is 0 Å². The van der Waals surface area contributed by atoms with Crippen molar-refractivity contribution in [2.24, 2.45) is 0 Å². The van der Waals surface area contributed by atoms with Gasteiger partial charge in [0.1, 0.15) is 6.54 Å². The number of nitrogen functional groups attached to an aromatic ring is 1. The van der Waals surface area contributed by atoms with Gasteiger partial charge in [0.25, 0.3) is 0 Å². The molecule has 0 radical (unpaired) electrons. The molecule has 0 aliphatic rings. The lowest BCUT2D eigenvalue weighted by Crippen LogP contribution is -2.39. The van der Waals surface area contributed by atoms with Crippen molar-refractivity contribution in [2.45, 2.75) is 38.8 Å². The number of alkyl halides is 3. The summed E-state index contributed by atoms with van der Waals surface area (Å²) in [4.78, 5) is 12.9. The quantitative estimate of drug-likeness (QED) is 0.785. The maximum Gasteiger partial charge on any atom is 0.406 e.